The number of amides is 1. The number of carbonyl (C=O) groups is 2. The summed E-state index contributed by atoms with van der Waals surface area (Å²) in [7, 11) is 0. The summed E-state index contributed by atoms with van der Waals surface area (Å²) in [5.74, 6) is -1.88. The zero-order valence-electron chi connectivity index (χ0n) is 9.31. The van der Waals surface area contributed by atoms with E-state index in [-0.39, 0.29) is 27.3 Å². The molecule has 1 heterocycles. The number of halogens is 2. The third-order valence-corrected chi connectivity index (χ3v) is 2.79. The molecule has 0 radical (unpaired) electrons. The molecular weight excluding hydrogens is 293 g/mol. The molecule has 0 fully saturated rings. The number of hydrogen-bond donors (Lipinski definition) is 2. The van der Waals surface area contributed by atoms with Crippen molar-refractivity contribution in [2.75, 3.05) is 5.32 Å². The van der Waals surface area contributed by atoms with Crippen molar-refractivity contribution in [1.29, 1.82) is 0 Å². The molecule has 1 amide bonds. The molecule has 98 valence electrons. The van der Waals surface area contributed by atoms with Crippen LogP contribution in [0.25, 0.3) is 0 Å². The van der Waals surface area contributed by atoms with Crippen LogP contribution in [0.2, 0.25) is 10.2 Å². The van der Waals surface area contributed by atoms with E-state index in [0.717, 1.165) is 0 Å². The highest BCUT2D eigenvalue weighted by Crippen LogP contribution is 2.25. The van der Waals surface area contributed by atoms with Gasteiger partial charge < -0.3 is 14.8 Å². The second-order valence-corrected chi connectivity index (χ2v) is 4.31. The predicted molar refractivity (Wildman–Crippen MR) is 70.1 cm³/mol. The smallest absolute Gasteiger partial charge is 0.339 e. The summed E-state index contributed by atoms with van der Waals surface area (Å²) in [6.07, 6.45) is 0. The van der Waals surface area contributed by atoms with Gasteiger partial charge in [0, 0.05) is 0 Å². The van der Waals surface area contributed by atoms with E-state index in [1.807, 2.05) is 0 Å². The number of aromatic carboxylic acids is 1. The Labute approximate surface area is 117 Å². The fraction of sp³-hybridized carbons (Fsp3) is 0. The SMILES string of the molecule is O=C(Nc1cccc(Cl)c1C(=O)O)c1ccc(Cl)o1. The van der Waals surface area contributed by atoms with E-state index in [1.54, 1.807) is 0 Å². The second-order valence-electron chi connectivity index (χ2n) is 3.53. The van der Waals surface area contributed by atoms with E-state index in [4.69, 9.17) is 32.7 Å². The zero-order chi connectivity index (χ0) is 14.0. The van der Waals surface area contributed by atoms with Crippen molar-refractivity contribution < 1.29 is 19.1 Å². The number of carbonyl (C=O) groups excluding carboxylic acids is 1. The van der Waals surface area contributed by atoms with E-state index in [2.05, 4.69) is 5.32 Å². The number of benzene rings is 1. The molecule has 2 N–H and O–H groups in total. The highest BCUT2D eigenvalue weighted by molar-refractivity contribution is 6.34. The van der Waals surface area contributed by atoms with Crippen molar-refractivity contribution in [1.82, 2.24) is 0 Å². The van der Waals surface area contributed by atoms with Gasteiger partial charge in [-0.2, -0.15) is 0 Å². The summed E-state index contributed by atoms with van der Waals surface area (Å²) in [6, 6.07) is 7.16. The molecule has 0 aliphatic rings. The third-order valence-electron chi connectivity index (χ3n) is 2.27. The Bertz CT molecular complexity index is 651. The number of anilines is 1. The fourth-order valence-corrected chi connectivity index (χ4v) is 1.87. The first-order valence-electron chi connectivity index (χ1n) is 5.07. The van der Waals surface area contributed by atoms with Crippen LogP contribution in [-0.4, -0.2) is 17.0 Å². The number of rotatable bonds is 3. The van der Waals surface area contributed by atoms with Crippen LogP contribution in [0.4, 0.5) is 5.69 Å². The Morgan fingerprint density at radius 3 is 2.47 bits per heavy atom. The number of carboxylic acid groups (broad SMARTS) is 1. The molecular formula is C12H7Cl2NO4. The van der Waals surface area contributed by atoms with Crippen LogP contribution in [0.5, 0.6) is 0 Å². The topological polar surface area (TPSA) is 79.5 Å². The number of carboxylic acids is 1. The van der Waals surface area contributed by atoms with Crippen LogP contribution in [0, 0.1) is 0 Å². The summed E-state index contributed by atoms with van der Waals surface area (Å²) in [6.45, 7) is 0. The second kappa shape index (κ2) is 5.34. The van der Waals surface area contributed by atoms with Crippen LogP contribution in [0.1, 0.15) is 20.9 Å². The summed E-state index contributed by atoms with van der Waals surface area (Å²) in [5.41, 5.74) is -0.104. The lowest BCUT2D eigenvalue weighted by Gasteiger charge is -2.08. The van der Waals surface area contributed by atoms with Crippen molar-refractivity contribution in [2.24, 2.45) is 0 Å². The Kier molecular flexibility index (Phi) is 3.78. The van der Waals surface area contributed by atoms with Crippen LogP contribution in [0.3, 0.4) is 0 Å². The van der Waals surface area contributed by atoms with Crippen LogP contribution >= 0.6 is 23.2 Å². The van der Waals surface area contributed by atoms with E-state index < -0.39 is 11.9 Å². The molecule has 0 aliphatic carbocycles. The molecule has 1 aromatic heterocycles. The van der Waals surface area contributed by atoms with Gasteiger partial charge in [-0.25, -0.2) is 4.79 Å². The van der Waals surface area contributed by atoms with E-state index in [0.29, 0.717) is 0 Å². The normalized spacial score (nSPS) is 10.2. The first-order chi connectivity index (χ1) is 8.99. The van der Waals surface area contributed by atoms with Crippen LogP contribution in [0.15, 0.2) is 34.7 Å². The quantitative estimate of drug-likeness (QED) is 0.908. The molecule has 0 aliphatic heterocycles. The number of nitrogens with one attached hydrogen (secondary N) is 1. The van der Waals surface area contributed by atoms with Gasteiger partial charge in [0.25, 0.3) is 5.91 Å². The molecule has 2 rings (SSSR count). The minimum atomic E-state index is -1.24. The lowest BCUT2D eigenvalue weighted by Crippen LogP contribution is -2.14. The first-order valence-corrected chi connectivity index (χ1v) is 5.83. The van der Waals surface area contributed by atoms with Crippen LogP contribution < -0.4 is 5.32 Å². The van der Waals surface area contributed by atoms with Gasteiger partial charge in [0.15, 0.2) is 11.0 Å². The molecule has 2 aromatic rings. The average Bonchev–Trinajstić information content (AvgIpc) is 2.75. The molecule has 0 saturated carbocycles. The standard InChI is InChI=1S/C12H7Cl2NO4/c13-6-2-1-3-7(10(6)12(17)18)15-11(16)8-4-5-9(14)19-8/h1-5H,(H,15,16)(H,17,18). The minimum Gasteiger partial charge on any atom is -0.478 e. The molecule has 0 bridgehead atoms. The summed E-state index contributed by atoms with van der Waals surface area (Å²) >= 11 is 11.3. The Balaban J connectivity index is 2.31. The van der Waals surface area contributed by atoms with Gasteiger partial charge in [-0.05, 0) is 35.9 Å². The molecule has 0 unspecified atom stereocenters. The molecule has 0 atom stereocenters. The summed E-state index contributed by atoms with van der Waals surface area (Å²) < 4.78 is 4.92. The molecule has 19 heavy (non-hydrogen) atoms. The highest BCUT2D eigenvalue weighted by atomic mass is 35.5. The minimum absolute atomic E-state index is 0.0266. The Morgan fingerprint density at radius 1 is 1.16 bits per heavy atom. The van der Waals surface area contributed by atoms with Gasteiger partial charge in [0.2, 0.25) is 0 Å². The van der Waals surface area contributed by atoms with Gasteiger partial charge in [0.05, 0.1) is 10.7 Å². The average molecular weight is 300 g/mol. The van der Waals surface area contributed by atoms with Gasteiger partial charge in [-0.15, -0.1) is 0 Å². The van der Waals surface area contributed by atoms with Crippen molar-refractivity contribution in [2.45, 2.75) is 0 Å². The maximum absolute atomic E-state index is 11.8. The monoisotopic (exact) mass is 299 g/mol. The molecule has 0 spiro atoms. The largest absolute Gasteiger partial charge is 0.478 e. The van der Waals surface area contributed by atoms with Gasteiger partial charge in [-0.3, -0.25) is 4.79 Å². The Hall–Kier alpha value is -1.98. The van der Waals surface area contributed by atoms with Crippen molar-refractivity contribution in [3.63, 3.8) is 0 Å². The van der Waals surface area contributed by atoms with Gasteiger partial charge >= 0.3 is 5.97 Å². The number of hydrogen-bond acceptors (Lipinski definition) is 3. The lowest BCUT2D eigenvalue weighted by atomic mass is 10.1. The Morgan fingerprint density at radius 2 is 1.89 bits per heavy atom. The molecule has 0 saturated heterocycles. The van der Waals surface area contributed by atoms with E-state index in [9.17, 15) is 9.59 Å². The third kappa shape index (κ3) is 2.89. The molecule has 1 aromatic carbocycles. The van der Waals surface area contributed by atoms with E-state index in [1.165, 1.54) is 30.3 Å². The van der Waals surface area contributed by atoms with Gasteiger partial charge in [-0.1, -0.05) is 17.7 Å². The lowest BCUT2D eigenvalue weighted by molar-refractivity contribution is 0.0698. The maximum Gasteiger partial charge on any atom is 0.339 e. The molecule has 5 nitrogen and oxygen atoms in total. The van der Waals surface area contributed by atoms with Crippen molar-refractivity contribution in [3.8, 4) is 0 Å². The summed E-state index contributed by atoms with van der Waals surface area (Å²) in [4.78, 5) is 22.9. The van der Waals surface area contributed by atoms with Crippen molar-refractivity contribution >= 4 is 40.8 Å². The predicted octanol–water partition coefficient (Wildman–Crippen LogP) is 3.54. The number of furan rings is 1. The van der Waals surface area contributed by atoms with E-state index >= 15 is 0 Å². The van der Waals surface area contributed by atoms with Crippen molar-refractivity contribution in [3.05, 3.63) is 51.9 Å². The maximum atomic E-state index is 11.8. The summed E-state index contributed by atoms with van der Waals surface area (Å²) in [5, 5.41) is 11.6. The fourth-order valence-electron chi connectivity index (χ4n) is 1.47. The highest BCUT2D eigenvalue weighted by Gasteiger charge is 2.18. The molecule has 7 heteroatoms. The zero-order valence-corrected chi connectivity index (χ0v) is 10.8. The van der Waals surface area contributed by atoms with Gasteiger partial charge in [0.1, 0.15) is 5.56 Å². The first kappa shape index (κ1) is 13.5. The van der Waals surface area contributed by atoms with Crippen LogP contribution in [-0.2, 0) is 0 Å².